The highest BCUT2D eigenvalue weighted by Gasteiger charge is 2.09. The zero-order valence-electron chi connectivity index (χ0n) is 8.56. The van der Waals surface area contributed by atoms with Gasteiger partial charge >= 0.3 is 0 Å². The van der Waals surface area contributed by atoms with Crippen molar-refractivity contribution in [2.24, 2.45) is 0 Å². The molecule has 0 unspecified atom stereocenters. The number of anilines is 2. The first-order valence-corrected chi connectivity index (χ1v) is 5.43. The second-order valence-corrected chi connectivity index (χ2v) is 4.02. The van der Waals surface area contributed by atoms with Crippen LogP contribution in [-0.4, -0.2) is 17.0 Å². The lowest BCUT2D eigenvalue weighted by atomic mass is 10.3. The van der Waals surface area contributed by atoms with E-state index in [4.69, 9.17) is 0 Å². The SMILES string of the molecule is CN(c1cc(Br)ncn1)c1ccccc1F. The van der Waals surface area contributed by atoms with Crippen molar-refractivity contribution in [3.05, 3.63) is 47.1 Å². The van der Waals surface area contributed by atoms with Gasteiger partial charge in [0.1, 0.15) is 22.6 Å². The molecule has 16 heavy (non-hydrogen) atoms. The Labute approximate surface area is 101 Å². The number of halogens is 2. The van der Waals surface area contributed by atoms with E-state index in [0.717, 1.165) is 0 Å². The van der Waals surface area contributed by atoms with Gasteiger partial charge in [-0.05, 0) is 28.1 Å². The number of hydrogen-bond acceptors (Lipinski definition) is 3. The minimum Gasteiger partial charge on any atom is -0.327 e. The van der Waals surface area contributed by atoms with Crippen LogP contribution in [0.1, 0.15) is 0 Å². The first kappa shape index (κ1) is 11.0. The van der Waals surface area contributed by atoms with Crippen LogP contribution in [0.4, 0.5) is 15.9 Å². The molecule has 0 radical (unpaired) electrons. The molecule has 0 fully saturated rings. The molecule has 2 aromatic rings. The largest absolute Gasteiger partial charge is 0.327 e. The maximum Gasteiger partial charge on any atom is 0.146 e. The monoisotopic (exact) mass is 281 g/mol. The van der Waals surface area contributed by atoms with Gasteiger partial charge in [0.05, 0.1) is 5.69 Å². The molecule has 0 N–H and O–H groups in total. The molecule has 3 nitrogen and oxygen atoms in total. The van der Waals surface area contributed by atoms with Crippen molar-refractivity contribution < 1.29 is 4.39 Å². The van der Waals surface area contributed by atoms with Crippen molar-refractivity contribution >= 4 is 27.4 Å². The highest BCUT2D eigenvalue weighted by molar-refractivity contribution is 9.10. The summed E-state index contributed by atoms with van der Waals surface area (Å²) in [6.45, 7) is 0. The summed E-state index contributed by atoms with van der Waals surface area (Å²) in [7, 11) is 1.76. The minimum atomic E-state index is -0.278. The molecule has 0 saturated carbocycles. The van der Waals surface area contributed by atoms with Crippen LogP contribution in [0.15, 0.2) is 41.3 Å². The molecule has 0 atom stereocenters. The van der Waals surface area contributed by atoms with E-state index in [-0.39, 0.29) is 5.82 Å². The van der Waals surface area contributed by atoms with Crippen molar-refractivity contribution in [2.45, 2.75) is 0 Å². The average molecular weight is 282 g/mol. The van der Waals surface area contributed by atoms with Crippen molar-refractivity contribution in [3.63, 3.8) is 0 Å². The van der Waals surface area contributed by atoms with Gasteiger partial charge in [0.25, 0.3) is 0 Å². The normalized spacial score (nSPS) is 10.2. The molecule has 1 aromatic carbocycles. The van der Waals surface area contributed by atoms with Gasteiger partial charge < -0.3 is 4.90 Å². The fraction of sp³-hybridized carbons (Fsp3) is 0.0909. The Balaban J connectivity index is 2.39. The molecule has 0 aliphatic heterocycles. The second-order valence-electron chi connectivity index (χ2n) is 3.21. The van der Waals surface area contributed by atoms with Crippen LogP contribution in [0.25, 0.3) is 0 Å². The Morgan fingerprint density at radius 3 is 2.69 bits per heavy atom. The van der Waals surface area contributed by atoms with Gasteiger partial charge in [-0.1, -0.05) is 12.1 Å². The lowest BCUT2D eigenvalue weighted by molar-refractivity contribution is 0.627. The lowest BCUT2D eigenvalue weighted by Crippen LogP contribution is -2.12. The second kappa shape index (κ2) is 4.57. The van der Waals surface area contributed by atoms with Crippen LogP contribution in [0, 0.1) is 5.82 Å². The van der Waals surface area contributed by atoms with E-state index in [1.54, 1.807) is 36.2 Å². The van der Waals surface area contributed by atoms with Crippen LogP contribution in [0.2, 0.25) is 0 Å². The molecule has 0 bridgehead atoms. The number of aromatic nitrogens is 2. The molecule has 82 valence electrons. The van der Waals surface area contributed by atoms with Crippen molar-refractivity contribution in [3.8, 4) is 0 Å². The molecular formula is C11H9BrFN3. The van der Waals surface area contributed by atoms with E-state index in [2.05, 4.69) is 25.9 Å². The van der Waals surface area contributed by atoms with Gasteiger partial charge in [0.2, 0.25) is 0 Å². The summed E-state index contributed by atoms with van der Waals surface area (Å²) in [4.78, 5) is 9.67. The van der Waals surface area contributed by atoms with Crippen molar-refractivity contribution in [1.82, 2.24) is 9.97 Å². The molecule has 1 heterocycles. The summed E-state index contributed by atoms with van der Waals surface area (Å²) < 4.78 is 14.2. The van der Waals surface area contributed by atoms with Gasteiger partial charge in [0.15, 0.2) is 0 Å². The third kappa shape index (κ3) is 2.19. The highest BCUT2D eigenvalue weighted by Crippen LogP contribution is 2.25. The molecule has 0 aliphatic carbocycles. The Kier molecular flexibility index (Phi) is 3.14. The summed E-state index contributed by atoms with van der Waals surface area (Å²) in [5.41, 5.74) is 0.480. The molecule has 0 amide bonds. The van der Waals surface area contributed by atoms with E-state index >= 15 is 0 Å². The Morgan fingerprint density at radius 2 is 2.00 bits per heavy atom. The first-order valence-electron chi connectivity index (χ1n) is 4.64. The quantitative estimate of drug-likeness (QED) is 0.792. The van der Waals surface area contributed by atoms with Crippen LogP contribution in [0.3, 0.4) is 0 Å². The number of rotatable bonds is 2. The summed E-state index contributed by atoms with van der Waals surface area (Å²) in [5, 5.41) is 0. The average Bonchev–Trinajstić information content (AvgIpc) is 2.29. The lowest BCUT2D eigenvalue weighted by Gasteiger charge is -2.18. The molecular weight excluding hydrogens is 273 g/mol. The fourth-order valence-corrected chi connectivity index (χ4v) is 1.65. The van der Waals surface area contributed by atoms with Crippen molar-refractivity contribution in [1.29, 1.82) is 0 Å². The minimum absolute atomic E-state index is 0.278. The number of para-hydroxylation sites is 1. The van der Waals surface area contributed by atoms with Gasteiger partial charge in [-0.25, -0.2) is 14.4 Å². The molecule has 5 heteroatoms. The zero-order chi connectivity index (χ0) is 11.5. The topological polar surface area (TPSA) is 29.0 Å². The Bertz CT molecular complexity index is 504. The van der Waals surface area contributed by atoms with E-state index < -0.39 is 0 Å². The highest BCUT2D eigenvalue weighted by atomic mass is 79.9. The molecule has 2 rings (SSSR count). The van der Waals surface area contributed by atoms with E-state index in [1.165, 1.54) is 12.4 Å². The summed E-state index contributed by atoms with van der Waals surface area (Å²) in [6.07, 6.45) is 1.43. The van der Waals surface area contributed by atoms with Gasteiger partial charge in [-0.15, -0.1) is 0 Å². The third-order valence-electron chi connectivity index (χ3n) is 2.18. The summed E-state index contributed by atoms with van der Waals surface area (Å²) >= 11 is 3.25. The maximum absolute atomic E-state index is 13.5. The molecule has 0 aliphatic rings. The van der Waals surface area contributed by atoms with Gasteiger partial charge in [0, 0.05) is 13.1 Å². The Morgan fingerprint density at radius 1 is 1.25 bits per heavy atom. The molecule has 0 spiro atoms. The summed E-state index contributed by atoms with van der Waals surface area (Å²) in [5.74, 6) is 0.353. The van der Waals surface area contributed by atoms with E-state index in [9.17, 15) is 4.39 Å². The predicted molar refractivity (Wildman–Crippen MR) is 64.2 cm³/mol. The van der Waals surface area contributed by atoms with Crippen LogP contribution in [-0.2, 0) is 0 Å². The Hall–Kier alpha value is -1.49. The van der Waals surface area contributed by atoms with E-state index in [1.807, 2.05) is 0 Å². The first-order chi connectivity index (χ1) is 7.68. The maximum atomic E-state index is 13.5. The smallest absolute Gasteiger partial charge is 0.146 e. The zero-order valence-corrected chi connectivity index (χ0v) is 10.1. The van der Waals surface area contributed by atoms with Crippen LogP contribution < -0.4 is 4.90 Å². The van der Waals surface area contributed by atoms with Crippen LogP contribution >= 0.6 is 15.9 Å². The van der Waals surface area contributed by atoms with Crippen LogP contribution in [0.5, 0.6) is 0 Å². The van der Waals surface area contributed by atoms with Crippen molar-refractivity contribution in [2.75, 3.05) is 11.9 Å². The predicted octanol–water partition coefficient (Wildman–Crippen LogP) is 3.15. The number of hydrogen-bond donors (Lipinski definition) is 0. The van der Waals surface area contributed by atoms with Gasteiger partial charge in [-0.3, -0.25) is 0 Å². The third-order valence-corrected chi connectivity index (χ3v) is 2.61. The van der Waals surface area contributed by atoms with E-state index in [0.29, 0.717) is 16.1 Å². The van der Waals surface area contributed by atoms with Gasteiger partial charge in [-0.2, -0.15) is 0 Å². The number of benzene rings is 1. The molecule has 1 aromatic heterocycles. The fourth-order valence-electron chi connectivity index (χ4n) is 1.35. The standard InChI is InChI=1S/C11H9BrFN3/c1-16(9-5-3-2-4-8(9)13)11-6-10(12)14-7-15-11/h2-7H,1H3. The summed E-state index contributed by atoms with van der Waals surface area (Å²) in [6, 6.07) is 8.29. The molecule has 0 saturated heterocycles. The number of nitrogens with zero attached hydrogens (tertiary/aromatic N) is 3.